The summed E-state index contributed by atoms with van der Waals surface area (Å²) >= 11 is 0. The first-order valence-corrected chi connectivity index (χ1v) is 11.0. The second-order valence-corrected chi connectivity index (χ2v) is 8.05. The maximum atomic E-state index is 5.45. The molecule has 5 aromatic rings. The van der Waals surface area contributed by atoms with Crippen molar-refractivity contribution < 1.29 is 4.74 Å². The molecule has 0 bridgehead atoms. The minimum Gasteiger partial charge on any atom is -0.378 e. The molecule has 0 N–H and O–H groups in total. The summed E-state index contributed by atoms with van der Waals surface area (Å²) in [7, 11) is 0. The van der Waals surface area contributed by atoms with Crippen LogP contribution in [0.3, 0.4) is 0 Å². The number of morpholine rings is 1. The van der Waals surface area contributed by atoms with E-state index >= 15 is 0 Å². The van der Waals surface area contributed by atoms with Crippen LogP contribution in [0.1, 0.15) is 17.0 Å². The molecular weight excluding hydrogens is 416 g/mol. The van der Waals surface area contributed by atoms with Crippen molar-refractivity contribution in [2.75, 3.05) is 31.2 Å². The normalized spacial score (nSPS) is 14.2. The van der Waals surface area contributed by atoms with Gasteiger partial charge >= 0.3 is 0 Å². The summed E-state index contributed by atoms with van der Waals surface area (Å²) in [5.74, 6) is 0.974. The lowest BCUT2D eigenvalue weighted by molar-refractivity contribution is 0.122. The van der Waals surface area contributed by atoms with E-state index in [4.69, 9.17) is 14.7 Å². The molecule has 1 aliphatic rings. The fourth-order valence-corrected chi connectivity index (χ4v) is 4.10. The van der Waals surface area contributed by atoms with E-state index in [1.165, 1.54) is 0 Å². The lowest BCUT2D eigenvalue weighted by Crippen LogP contribution is -2.36. The first kappa shape index (κ1) is 19.7. The summed E-state index contributed by atoms with van der Waals surface area (Å²) < 4.78 is 7.24. The smallest absolute Gasteiger partial charge is 0.221 e. The van der Waals surface area contributed by atoms with Crippen LogP contribution in [0.25, 0.3) is 22.2 Å². The van der Waals surface area contributed by atoms with Crippen molar-refractivity contribution in [2.45, 2.75) is 13.0 Å². The third kappa shape index (κ3) is 4.10. The average molecular weight is 438 g/mol. The van der Waals surface area contributed by atoms with E-state index < -0.39 is 0 Å². The maximum Gasteiger partial charge on any atom is 0.221 e. The summed E-state index contributed by atoms with van der Waals surface area (Å²) in [5, 5.41) is 9.57. The van der Waals surface area contributed by atoms with Crippen LogP contribution in [0.15, 0.2) is 60.9 Å². The molecule has 33 heavy (non-hydrogen) atoms. The molecular formula is C24H22N8O. The zero-order valence-corrected chi connectivity index (χ0v) is 18.0. The third-order valence-electron chi connectivity index (χ3n) is 5.77. The summed E-state index contributed by atoms with van der Waals surface area (Å²) in [6.45, 7) is 3.75. The zero-order valence-electron chi connectivity index (χ0n) is 18.0. The molecule has 6 rings (SSSR count). The number of hydrogen-bond acceptors (Lipinski definition) is 8. The number of pyridine rings is 2. The molecule has 9 nitrogen and oxygen atoms in total. The van der Waals surface area contributed by atoms with E-state index in [1.54, 1.807) is 17.1 Å². The van der Waals surface area contributed by atoms with E-state index in [-0.39, 0.29) is 0 Å². The van der Waals surface area contributed by atoms with Gasteiger partial charge in [0.15, 0.2) is 5.65 Å². The van der Waals surface area contributed by atoms with Crippen molar-refractivity contribution >= 4 is 28.0 Å². The highest BCUT2D eigenvalue weighted by molar-refractivity contribution is 5.79. The van der Waals surface area contributed by atoms with Crippen LogP contribution >= 0.6 is 0 Å². The largest absolute Gasteiger partial charge is 0.378 e. The van der Waals surface area contributed by atoms with Gasteiger partial charge in [-0.1, -0.05) is 23.4 Å². The predicted octanol–water partition coefficient (Wildman–Crippen LogP) is 2.64. The number of hydrogen-bond donors (Lipinski definition) is 0. The Hall–Kier alpha value is -3.98. The average Bonchev–Trinajstić information content (AvgIpc) is 3.26. The van der Waals surface area contributed by atoms with Gasteiger partial charge in [0, 0.05) is 36.8 Å². The van der Waals surface area contributed by atoms with Crippen LogP contribution in [-0.4, -0.2) is 61.2 Å². The van der Waals surface area contributed by atoms with Gasteiger partial charge in [0.1, 0.15) is 5.82 Å². The summed E-state index contributed by atoms with van der Waals surface area (Å²) in [6.07, 6.45) is 4.15. The molecule has 0 saturated carbocycles. The molecule has 1 saturated heterocycles. The lowest BCUT2D eigenvalue weighted by Gasteiger charge is -2.28. The van der Waals surface area contributed by atoms with Crippen LogP contribution in [0.5, 0.6) is 0 Å². The molecule has 0 aliphatic carbocycles. The van der Waals surface area contributed by atoms with Crippen molar-refractivity contribution in [2.24, 2.45) is 0 Å². The quantitative estimate of drug-likeness (QED) is 0.413. The van der Waals surface area contributed by atoms with Crippen molar-refractivity contribution in [3.8, 4) is 0 Å². The van der Waals surface area contributed by atoms with E-state index in [9.17, 15) is 0 Å². The van der Waals surface area contributed by atoms with Gasteiger partial charge in [-0.3, -0.25) is 4.98 Å². The molecule has 1 aliphatic heterocycles. The number of rotatable bonds is 5. The molecule has 164 valence electrons. The molecule has 9 heteroatoms. The van der Waals surface area contributed by atoms with Gasteiger partial charge in [-0.2, -0.15) is 0 Å². The third-order valence-corrected chi connectivity index (χ3v) is 5.77. The number of nitrogens with zero attached hydrogens (tertiary/aromatic N) is 8. The van der Waals surface area contributed by atoms with Gasteiger partial charge < -0.3 is 9.64 Å². The van der Waals surface area contributed by atoms with Crippen LogP contribution < -0.4 is 4.90 Å². The highest BCUT2D eigenvalue weighted by Gasteiger charge is 2.14. The van der Waals surface area contributed by atoms with Gasteiger partial charge in [0.25, 0.3) is 0 Å². The Bertz CT molecular complexity index is 1430. The molecule has 5 heterocycles. The Morgan fingerprint density at radius 2 is 1.85 bits per heavy atom. The van der Waals surface area contributed by atoms with Crippen LogP contribution in [0.4, 0.5) is 5.82 Å². The fraction of sp³-hybridized carbons (Fsp3) is 0.250. The Morgan fingerprint density at radius 3 is 2.79 bits per heavy atom. The molecule has 0 amide bonds. The monoisotopic (exact) mass is 438 g/mol. The van der Waals surface area contributed by atoms with Crippen LogP contribution in [-0.2, 0) is 17.7 Å². The van der Waals surface area contributed by atoms with E-state index in [0.717, 1.165) is 60.0 Å². The number of anilines is 1. The molecule has 1 aromatic carbocycles. The number of aromatic nitrogens is 7. The lowest BCUT2D eigenvalue weighted by atomic mass is 10.1. The van der Waals surface area contributed by atoms with Gasteiger partial charge in [-0.05, 0) is 35.9 Å². The summed E-state index contributed by atoms with van der Waals surface area (Å²) in [4.78, 5) is 20.8. The SMILES string of the molecule is c1cc(Cc2cnc3nnn(Cc4ccc5ncccc5c4)c3n2)nc(N2CCOCC2)c1. The number of benzene rings is 1. The topological polar surface area (TPSA) is 94.7 Å². The Balaban J connectivity index is 1.26. The molecule has 0 radical (unpaired) electrons. The van der Waals surface area contributed by atoms with Gasteiger partial charge in [0.05, 0.1) is 37.2 Å². The maximum absolute atomic E-state index is 5.45. The zero-order chi connectivity index (χ0) is 22.0. The highest BCUT2D eigenvalue weighted by atomic mass is 16.5. The van der Waals surface area contributed by atoms with Gasteiger partial charge in [0.2, 0.25) is 5.65 Å². The van der Waals surface area contributed by atoms with Crippen molar-refractivity contribution in [3.63, 3.8) is 0 Å². The first-order chi connectivity index (χ1) is 16.3. The minimum absolute atomic E-state index is 0.538. The van der Waals surface area contributed by atoms with Crippen molar-refractivity contribution in [1.29, 1.82) is 0 Å². The van der Waals surface area contributed by atoms with E-state index in [1.807, 2.05) is 30.3 Å². The van der Waals surface area contributed by atoms with Crippen LogP contribution in [0.2, 0.25) is 0 Å². The fourth-order valence-electron chi connectivity index (χ4n) is 4.10. The second kappa shape index (κ2) is 8.51. The Labute approximate surface area is 190 Å². The molecule has 1 fully saturated rings. The minimum atomic E-state index is 0.538. The van der Waals surface area contributed by atoms with Crippen molar-refractivity contribution in [3.05, 3.63) is 77.9 Å². The Kier molecular flexibility index (Phi) is 5.08. The second-order valence-electron chi connectivity index (χ2n) is 8.05. The summed E-state index contributed by atoms with van der Waals surface area (Å²) in [6, 6.07) is 16.3. The highest BCUT2D eigenvalue weighted by Crippen LogP contribution is 2.18. The van der Waals surface area contributed by atoms with Crippen LogP contribution in [0, 0.1) is 0 Å². The molecule has 0 atom stereocenters. The molecule has 0 spiro atoms. The Morgan fingerprint density at radius 1 is 0.909 bits per heavy atom. The number of fused-ring (bicyclic) bond motifs is 2. The van der Waals surface area contributed by atoms with Gasteiger partial charge in [-0.25, -0.2) is 19.6 Å². The first-order valence-electron chi connectivity index (χ1n) is 11.0. The number of ether oxygens (including phenoxy) is 1. The standard InChI is InChI=1S/C24H22N8O/c1-4-19(27-22(5-1)31-9-11-33-12-10-31)14-20-15-26-23-24(28-20)32(30-29-23)16-17-6-7-21-18(13-17)3-2-8-25-21/h1-8,13,15H,9-12,14,16H2. The van der Waals surface area contributed by atoms with Gasteiger partial charge in [-0.15, -0.1) is 5.10 Å². The molecule has 4 aromatic heterocycles. The summed E-state index contributed by atoms with van der Waals surface area (Å²) in [5.41, 5.74) is 5.07. The van der Waals surface area contributed by atoms with E-state index in [2.05, 4.69) is 43.4 Å². The predicted molar refractivity (Wildman–Crippen MR) is 124 cm³/mol. The van der Waals surface area contributed by atoms with E-state index in [0.29, 0.717) is 24.3 Å². The molecule has 0 unspecified atom stereocenters. The van der Waals surface area contributed by atoms with Crippen molar-refractivity contribution in [1.82, 2.24) is 34.9 Å².